The third-order valence-electron chi connectivity index (χ3n) is 4.05. The van der Waals surface area contributed by atoms with Gasteiger partial charge in [-0.3, -0.25) is 0 Å². The van der Waals surface area contributed by atoms with Gasteiger partial charge in [0.1, 0.15) is 11.5 Å². The van der Waals surface area contributed by atoms with Gasteiger partial charge >= 0.3 is 5.97 Å². The number of ether oxygens (including phenoxy) is 2. The Morgan fingerprint density at radius 2 is 1.80 bits per heavy atom. The Hall–Kier alpha value is -2.29. The lowest BCUT2D eigenvalue weighted by Crippen LogP contribution is -2.21. The van der Waals surface area contributed by atoms with Crippen LogP contribution < -0.4 is 9.47 Å². The zero-order valence-electron chi connectivity index (χ0n) is 16.1. The number of hydrogen-bond acceptors (Lipinski definition) is 3. The standard InChI is InChI=1S/C22H28O3/c1-15(2)17-8-7-9-18(13-17)24-14-21(23)25-20-11-10-16(3)12-19(20)22(4,5)6/h7-13,15H,14H2,1-6H3. The summed E-state index contributed by atoms with van der Waals surface area (Å²) < 4.78 is 11.2. The van der Waals surface area contributed by atoms with Crippen LogP contribution in [0, 0.1) is 6.92 Å². The number of hydrogen-bond donors (Lipinski definition) is 0. The summed E-state index contributed by atoms with van der Waals surface area (Å²) in [5, 5.41) is 0. The lowest BCUT2D eigenvalue weighted by Gasteiger charge is -2.22. The van der Waals surface area contributed by atoms with Gasteiger partial charge in [-0.1, -0.05) is 64.4 Å². The SMILES string of the molecule is Cc1ccc(OC(=O)COc2cccc(C(C)C)c2)c(C(C)(C)C)c1. The average molecular weight is 340 g/mol. The number of benzene rings is 2. The van der Waals surface area contributed by atoms with E-state index in [1.54, 1.807) is 0 Å². The monoisotopic (exact) mass is 340 g/mol. The number of esters is 1. The lowest BCUT2D eigenvalue weighted by atomic mass is 9.85. The molecule has 0 fully saturated rings. The summed E-state index contributed by atoms with van der Waals surface area (Å²) in [5.74, 6) is 1.30. The van der Waals surface area contributed by atoms with Crippen molar-refractivity contribution in [3.05, 3.63) is 59.2 Å². The van der Waals surface area contributed by atoms with Crippen LogP contribution in [0.2, 0.25) is 0 Å². The molecule has 0 spiro atoms. The van der Waals surface area contributed by atoms with Crippen molar-refractivity contribution in [1.29, 1.82) is 0 Å². The molecule has 0 radical (unpaired) electrons. The van der Waals surface area contributed by atoms with Crippen LogP contribution in [0.1, 0.15) is 57.2 Å². The van der Waals surface area contributed by atoms with Crippen molar-refractivity contribution in [3.8, 4) is 11.5 Å². The molecule has 0 bridgehead atoms. The minimum Gasteiger partial charge on any atom is -0.482 e. The molecule has 0 saturated carbocycles. The van der Waals surface area contributed by atoms with E-state index >= 15 is 0 Å². The van der Waals surface area contributed by atoms with Crippen molar-refractivity contribution in [2.24, 2.45) is 0 Å². The summed E-state index contributed by atoms with van der Waals surface area (Å²) in [7, 11) is 0. The molecule has 2 aromatic carbocycles. The zero-order valence-corrected chi connectivity index (χ0v) is 16.1. The van der Waals surface area contributed by atoms with E-state index in [-0.39, 0.29) is 12.0 Å². The van der Waals surface area contributed by atoms with E-state index in [0.717, 1.165) is 11.1 Å². The van der Waals surface area contributed by atoms with E-state index in [4.69, 9.17) is 9.47 Å². The molecule has 25 heavy (non-hydrogen) atoms. The largest absolute Gasteiger partial charge is 0.482 e. The second-order valence-corrected chi connectivity index (χ2v) is 7.74. The van der Waals surface area contributed by atoms with Crippen LogP contribution in [0.25, 0.3) is 0 Å². The van der Waals surface area contributed by atoms with Crippen LogP contribution in [0.3, 0.4) is 0 Å². The first kappa shape index (κ1) is 19.0. The smallest absolute Gasteiger partial charge is 0.349 e. The van der Waals surface area contributed by atoms with Gasteiger partial charge in [-0.15, -0.1) is 0 Å². The highest BCUT2D eigenvalue weighted by Crippen LogP contribution is 2.32. The maximum Gasteiger partial charge on any atom is 0.349 e. The summed E-state index contributed by atoms with van der Waals surface area (Å²) in [6.45, 7) is 12.5. The first-order valence-electron chi connectivity index (χ1n) is 8.71. The van der Waals surface area contributed by atoms with Crippen LogP contribution >= 0.6 is 0 Å². The fraction of sp³-hybridized carbons (Fsp3) is 0.409. The Kier molecular flexibility index (Phi) is 5.89. The van der Waals surface area contributed by atoms with E-state index in [9.17, 15) is 4.79 Å². The first-order valence-corrected chi connectivity index (χ1v) is 8.71. The second-order valence-electron chi connectivity index (χ2n) is 7.74. The molecule has 0 aliphatic rings. The van der Waals surface area contributed by atoms with Crippen molar-refractivity contribution >= 4 is 5.97 Å². The van der Waals surface area contributed by atoms with E-state index in [1.165, 1.54) is 5.56 Å². The number of rotatable bonds is 5. The Morgan fingerprint density at radius 1 is 1.08 bits per heavy atom. The van der Waals surface area contributed by atoms with Crippen LogP contribution in [0.5, 0.6) is 11.5 Å². The van der Waals surface area contributed by atoms with Gasteiger partial charge < -0.3 is 9.47 Å². The normalized spacial score (nSPS) is 11.5. The quantitative estimate of drug-likeness (QED) is 0.540. The van der Waals surface area contributed by atoms with Crippen LogP contribution in [-0.4, -0.2) is 12.6 Å². The summed E-state index contributed by atoms with van der Waals surface area (Å²) in [5.41, 5.74) is 3.24. The Bertz CT molecular complexity index is 739. The molecule has 0 unspecified atom stereocenters. The lowest BCUT2D eigenvalue weighted by molar-refractivity contribution is -0.136. The maximum atomic E-state index is 12.2. The molecule has 2 rings (SSSR count). The van der Waals surface area contributed by atoms with E-state index in [0.29, 0.717) is 17.4 Å². The number of carbonyl (C=O) groups excluding carboxylic acids is 1. The minimum absolute atomic E-state index is 0.103. The summed E-state index contributed by atoms with van der Waals surface area (Å²) >= 11 is 0. The predicted octanol–water partition coefficient (Wildman–Crippen LogP) is 5.40. The Labute approximate surface area is 151 Å². The van der Waals surface area contributed by atoms with E-state index in [2.05, 4.69) is 46.8 Å². The fourth-order valence-corrected chi connectivity index (χ4v) is 2.58. The van der Waals surface area contributed by atoms with Gasteiger partial charge in [-0.2, -0.15) is 0 Å². The molecule has 0 aromatic heterocycles. The molecule has 0 atom stereocenters. The topological polar surface area (TPSA) is 35.5 Å². The van der Waals surface area contributed by atoms with Crippen molar-refractivity contribution in [1.82, 2.24) is 0 Å². The molecule has 0 heterocycles. The molecule has 3 heteroatoms. The zero-order chi connectivity index (χ0) is 18.6. The fourth-order valence-electron chi connectivity index (χ4n) is 2.58. The highest BCUT2D eigenvalue weighted by atomic mass is 16.6. The maximum absolute atomic E-state index is 12.2. The molecule has 0 saturated heterocycles. The average Bonchev–Trinajstić information content (AvgIpc) is 2.54. The number of carbonyl (C=O) groups is 1. The van der Waals surface area contributed by atoms with E-state index in [1.807, 2.05) is 37.3 Å². The van der Waals surface area contributed by atoms with Crippen LogP contribution in [0.15, 0.2) is 42.5 Å². The van der Waals surface area contributed by atoms with Gasteiger partial charge in [0.2, 0.25) is 0 Å². The summed E-state index contributed by atoms with van der Waals surface area (Å²) in [6, 6.07) is 13.7. The van der Waals surface area contributed by atoms with Crippen molar-refractivity contribution in [2.75, 3.05) is 6.61 Å². The van der Waals surface area contributed by atoms with Gasteiger partial charge in [-0.25, -0.2) is 4.79 Å². The number of aryl methyl sites for hydroxylation is 1. The summed E-state index contributed by atoms with van der Waals surface area (Å²) in [4.78, 5) is 12.2. The summed E-state index contributed by atoms with van der Waals surface area (Å²) in [6.07, 6.45) is 0. The predicted molar refractivity (Wildman–Crippen MR) is 102 cm³/mol. The Morgan fingerprint density at radius 3 is 2.44 bits per heavy atom. The minimum atomic E-state index is -0.399. The third-order valence-corrected chi connectivity index (χ3v) is 4.05. The van der Waals surface area contributed by atoms with Gasteiger partial charge in [0.25, 0.3) is 0 Å². The van der Waals surface area contributed by atoms with Gasteiger partial charge in [0.05, 0.1) is 0 Å². The molecule has 134 valence electrons. The van der Waals surface area contributed by atoms with Gasteiger partial charge in [0, 0.05) is 5.56 Å². The van der Waals surface area contributed by atoms with Crippen molar-refractivity contribution in [2.45, 2.75) is 52.9 Å². The molecule has 2 aromatic rings. The third kappa shape index (κ3) is 5.35. The molecule has 0 aliphatic carbocycles. The van der Waals surface area contributed by atoms with E-state index < -0.39 is 5.97 Å². The molecular weight excluding hydrogens is 312 g/mol. The Balaban J connectivity index is 2.05. The van der Waals surface area contributed by atoms with Crippen LogP contribution in [0.4, 0.5) is 0 Å². The second kappa shape index (κ2) is 7.73. The highest BCUT2D eigenvalue weighted by Gasteiger charge is 2.21. The van der Waals surface area contributed by atoms with Crippen molar-refractivity contribution in [3.63, 3.8) is 0 Å². The molecule has 0 N–H and O–H groups in total. The molecule has 0 aliphatic heterocycles. The molecular formula is C22H28O3. The molecule has 0 amide bonds. The van der Waals surface area contributed by atoms with Gasteiger partial charge in [0.15, 0.2) is 6.61 Å². The van der Waals surface area contributed by atoms with Crippen LogP contribution in [-0.2, 0) is 10.2 Å². The molecule has 3 nitrogen and oxygen atoms in total. The van der Waals surface area contributed by atoms with Gasteiger partial charge in [-0.05, 0) is 42.0 Å². The first-order chi connectivity index (χ1) is 11.7. The highest BCUT2D eigenvalue weighted by molar-refractivity contribution is 5.74. The van der Waals surface area contributed by atoms with Crippen molar-refractivity contribution < 1.29 is 14.3 Å².